The monoisotopic (exact) mass is 1060 g/mol. The molecule has 5 aromatic rings. The zero-order valence-corrected chi connectivity index (χ0v) is 51.2. The Balaban J connectivity index is 0.000000431. The van der Waals surface area contributed by atoms with Crippen molar-refractivity contribution in [2.75, 3.05) is 26.6 Å². The molecule has 5 aliphatic rings. The van der Waals surface area contributed by atoms with E-state index in [2.05, 4.69) is 156 Å². The molecule has 0 spiro atoms. The molecule has 0 atom stereocenters. The van der Waals surface area contributed by atoms with Crippen LogP contribution in [0, 0.1) is 27.1 Å². The lowest BCUT2D eigenvalue weighted by molar-refractivity contribution is -0.173. The van der Waals surface area contributed by atoms with Gasteiger partial charge in [0, 0.05) is 26.0 Å². The molecule has 0 radical (unpaired) electrons. The molecule has 10 nitrogen and oxygen atoms in total. The molecule has 0 fully saturated rings. The van der Waals surface area contributed by atoms with Crippen molar-refractivity contribution in [2.45, 2.75) is 184 Å². The van der Waals surface area contributed by atoms with Gasteiger partial charge in [-0.1, -0.05) is 193 Å². The second-order valence-electron chi connectivity index (χ2n) is 27.0. The van der Waals surface area contributed by atoms with E-state index in [0.29, 0.717) is 65.0 Å². The van der Waals surface area contributed by atoms with Gasteiger partial charge in [0.1, 0.15) is 24.7 Å². The molecule has 0 unspecified atom stereocenters. The molecule has 0 bridgehead atoms. The molecule has 0 amide bonds. The summed E-state index contributed by atoms with van der Waals surface area (Å²) in [4.78, 5) is 11.3. The molecule has 1 aromatic heterocycles. The molecule has 76 heavy (non-hydrogen) atoms. The molecule has 0 N–H and O–H groups in total. The number of nitrogens with zero attached hydrogens (tertiary/aromatic N) is 2. The van der Waals surface area contributed by atoms with Crippen molar-refractivity contribution in [2.24, 2.45) is 34.1 Å². The lowest BCUT2D eigenvalue weighted by Crippen LogP contribution is -2.27. The normalized spacial score (nSPS) is 14.6. The molecule has 5 heterocycles. The first-order chi connectivity index (χ1) is 34.9. The minimum Gasteiger partial charge on any atom is -0.493 e. The first-order valence-electron chi connectivity index (χ1n) is 27.0. The molecule has 1 aliphatic carbocycles. The summed E-state index contributed by atoms with van der Waals surface area (Å²) in [6.07, 6.45) is 6.82. The van der Waals surface area contributed by atoms with Crippen molar-refractivity contribution < 1.29 is 42.3 Å². The van der Waals surface area contributed by atoms with Crippen LogP contribution in [0.1, 0.15) is 186 Å². The second kappa shape index (κ2) is 32.1. The fourth-order valence-corrected chi connectivity index (χ4v) is 5.75. The number of Topliss-reactive ketones (excluding diaryl/α,β-unsaturated/α-hetero) is 1. The average Bonchev–Trinajstić information content (AvgIpc) is 4.01. The van der Waals surface area contributed by atoms with Crippen LogP contribution in [0.5, 0.6) is 40.2 Å². The third kappa shape index (κ3) is 37.1. The number of carbonyl (C=O) groups excluding carboxylic acids is 1. The fraction of sp³-hybridized carbons (Fsp3) is 0.569. The number of carbonyl (C=O) groups is 1. The van der Waals surface area contributed by atoms with E-state index < -0.39 is 6.04 Å². The van der Waals surface area contributed by atoms with Gasteiger partial charge in [-0.05, 0) is 101 Å². The van der Waals surface area contributed by atoms with E-state index >= 15 is 0 Å². The average molecular weight is 1060 g/mol. The molecule has 0 saturated heterocycles. The molecule has 11 heteroatoms. The van der Waals surface area contributed by atoms with E-state index in [4.69, 9.17) is 33.2 Å². The Morgan fingerprint density at radius 2 is 0.750 bits per heavy atom. The number of alkyl halides is 1. The van der Waals surface area contributed by atoms with Gasteiger partial charge in [-0.25, -0.2) is 0 Å². The predicted molar refractivity (Wildman–Crippen MR) is 314 cm³/mol. The molecule has 426 valence electrons. The Labute approximate surface area is 460 Å². The van der Waals surface area contributed by atoms with Crippen molar-refractivity contribution in [3.05, 3.63) is 120 Å². The van der Waals surface area contributed by atoms with Crippen LogP contribution in [0.15, 0.2) is 103 Å². The highest BCUT2D eigenvalue weighted by atomic mass is 19.2. The van der Waals surface area contributed by atoms with Crippen molar-refractivity contribution in [3.63, 3.8) is 0 Å². The molecule has 4 aliphatic heterocycles. The highest BCUT2D eigenvalue weighted by molar-refractivity contribution is 5.96. The van der Waals surface area contributed by atoms with Gasteiger partial charge in [0.2, 0.25) is 6.79 Å². The summed E-state index contributed by atoms with van der Waals surface area (Å²) in [6, 6.07) is 28.5. The van der Waals surface area contributed by atoms with Crippen LogP contribution in [0.4, 0.5) is 4.39 Å². The van der Waals surface area contributed by atoms with Gasteiger partial charge in [-0.3, -0.25) is 9.48 Å². The van der Waals surface area contributed by atoms with Gasteiger partial charge in [0.25, 0.3) is 0 Å². The summed E-state index contributed by atoms with van der Waals surface area (Å²) >= 11 is 0. The van der Waals surface area contributed by atoms with Gasteiger partial charge in [0.05, 0.1) is 12.8 Å². The van der Waals surface area contributed by atoms with E-state index in [9.17, 15) is 9.18 Å². The molecular weight excluding hydrogens is 956 g/mol. The topological polar surface area (TPSA) is 99.5 Å². The van der Waals surface area contributed by atoms with Crippen LogP contribution >= 0.6 is 0 Å². The van der Waals surface area contributed by atoms with Crippen LogP contribution < -0.4 is 33.2 Å². The van der Waals surface area contributed by atoms with E-state index in [0.717, 1.165) is 65.9 Å². The highest BCUT2D eigenvalue weighted by Crippen LogP contribution is 2.39. The first kappa shape index (κ1) is 68.3. The smallest absolute Gasteiger partial charge is 0.404 e. The quantitative estimate of drug-likeness (QED) is 0.150. The van der Waals surface area contributed by atoms with Crippen LogP contribution in [-0.2, 0) is 19.9 Å². The summed E-state index contributed by atoms with van der Waals surface area (Å²) in [7, 11) is 1.82. The van der Waals surface area contributed by atoms with E-state index in [1.807, 2.05) is 67.7 Å². The standard InChI is InChI=1S/C9H10O.C8H7FO2.C8H10N2O.C8H8O2.C7H6O2.5C5H12/c1-2-6-9-8(4-1)5-3-7-10-9;1-8(9)10-6-4-2-3-5-7(6)11-8;1-10-8-6(5-9-10)3-2-4-7(8)11;1-2-4-8-7(3-1)9-5-6-10-8;1-2-4-7-6(3-1)8-5-9-7;5*1-5(2,3)4/h1-2,4,6H,3,5,7H2;2-5H,1H3;5H,2-4H2,1H3;1-4H,5-6H2;1-4H,5H2;5*1-4H3. The van der Waals surface area contributed by atoms with Crippen LogP contribution in [0.3, 0.4) is 0 Å². The number of ketones is 1. The molecular formula is C65H101FN2O8. The van der Waals surface area contributed by atoms with Crippen LogP contribution in [0.25, 0.3) is 0 Å². The largest absolute Gasteiger partial charge is 0.493 e. The number of fused-ring (bicyclic) bond motifs is 5. The Bertz CT molecular complexity index is 2140. The second-order valence-corrected chi connectivity index (χ2v) is 27.0. The van der Waals surface area contributed by atoms with Crippen molar-refractivity contribution in [3.8, 4) is 40.2 Å². The van der Waals surface area contributed by atoms with Gasteiger partial charge in [-0.2, -0.15) is 9.49 Å². The molecule has 0 saturated carbocycles. The number of aryl methyl sites for hydroxylation is 3. The third-order valence-corrected chi connectivity index (χ3v) is 8.11. The third-order valence-electron chi connectivity index (χ3n) is 8.11. The fourth-order valence-electron chi connectivity index (χ4n) is 5.75. The Kier molecular flexibility index (Phi) is 28.9. The van der Waals surface area contributed by atoms with Crippen molar-refractivity contribution >= 4 is 5.78 Å². The summed E-state index contributed by atoms with van der Waals surface area (Å²) in [5, 5.41) is 4.04. The van der Waals surface area contributed by atoms with E-state index in [1.165, 1.54) is 18.9 Å². The van der Waals surface area contributed by atoms with Gasteiger partial charge in [0.15, 0.2) is 40.3 Å². The Morgan fingerprint density at radius 3 is 1.12 bits per heavy atom. The lowest BCUT2D eigenvalue weighted by atomic mass is 9.97. The lowest BCUT2D eigenvalue weighted by Gasteiger charge is -2.17. The van der Waals surface area contributed by atoms with E-state index in [1.54, 1.807) is 35.1 Å². The highest BCUT2D eigenvalue weighted by Gasteiger charge is 2.36. The summed E-state index contributed by atoms with van der Waals surface area (Å²) < 4.78 is 50.4. The zero-order chi connectivity index (χ0) is 58.0. The molecule has 10 rings (SSSR count). The summed E-state index contributed by atoms with van der Waals surface area (Å²) in [5.41, 5.74) is 5.79. The number of ether oxygens (including phenoxy) is 7. The number of rotatable bonds is 0. The maximum atomic E-state index is 13.0. The number of aromatic nitrogens is 2. The number of hydrogen-bond donors (Lipinski definition) is 0. The van der Waals surface area contributed by atoms with Crippen molar-refractivity contribution in [1.29, 1.82) is 0 Å². The maximum Gasteiger partial charge on any atom is 0.404 e. The van der Waals surface area contributed by atoms with Crippen LogP contribution in [-0.4, -0.2) is 48.2 Å². The van der Waals surface area contributed by atoms with Gasteiger partial charge < -0.3 is 33.2 Å². The minimum atomic E-state index is -2.00. The SMILES string of the molecule is CC(C)(C)C.CC(C)(C)C.CC(C)(C)C.CC(C)(C)C.CC(C)(C)C.CC1(F)Oc2ccccc2O1.Cn1ncc2c1C(=O)CCC2.c1ccc2c(c1)CCCO2.c1ccc2c(c1)OCCO2.c1ccc2c(c1)OCO2. The van der Waals surface area contributed by atoms with Crippen LogP contribution in [0.2, 0.25) is 0 Å². The van der Waals surface area contributed by atoms with Gasteiger partial charge >= 0.3 is 6.04 Å². The summed E-state index contributed by atoms with van der Waals surface area (Å²) in [6.45, 7) is 47.6. The number of halogens is 1. The van der Waals surface area contributed by atoms with E-state index in [-0.39, 0.29) is 5.78 Å². The van der Waals surface area contributed by atoms with Crippen molar-refractivity contribution in [1.82, 2.24) is 9.78 Å². The molecule has 4 aromatic carbocycles. The number of hydrogen-bond acceptors (Lipinski definition) is 9. The minimum absolute atomic E-state index is 0.242. The Morgan fingerprint density at radius 1 is 0.434 bits per heavy atom. The maximum absolute atomic E-state index is 13.0. The Hall–Kier alpha value is -5.71. The number of benzene rings is 4. The summed E-state index contributed by atoms with van der Waals surface area (Å²) in [5.74, 6) is 5.63. The predicted octanol–water partition coefficient (Wildman–Crippen LogP) is 18.2. The number of para-hydroxylation sites is 7. The first-order valence-corrected chi connectivity index (χ1v) is 27.0. The zero-order valence-electron chi connectivity index (χ0n) is 51.2. The van der Waals surface area contributed by atoms with Gasteiger partial charge in [-0.15, -0.1) is 0 Å².